The number of amides is 1. The summed E-state index contributed by atoms with van der Waals surface area (Å²) >= 11 is 0. The Labute approximate surface area is 101 Å². The Morgan fingerprint density at radius 2 is 2.18 bits per heavy atom. The average molecular weight is 241 g/mol. The fraction of sp³-hybridized carbons (Fsp3) is 0.500. The number of carbonyl (C=O) groups is 2. The fourth-order valence-corrected chi connectivity index (χ4v) is 1.18. The molecule has 0 aromatic carbocycles. The quantitative estimate of drug-likeness (QED) is 0.402. The van der Waals surface area contributed by atoms with E-state index in [0.29, 0.717) is 6.42 Å². The van der Waals surface area contributed by atoms with Crippen LogP contribution in [-0.2, 0) is 14.3 Å². The van der Waals surface area contributed by atoms with Crippen molar-refractivity contribution < 1.29 is 19.4 Å². The number of hydrogen-bond acceptors (Lipinski definition) is 4. The van der Waals surface area contributed by atoms with Crippen molar-refractivity contribution in [3.63, 3.8) is 0 Å². The highest BCUT2D eigenvalue weighted by Crippen LogP contribution is 2.05. The highest BCUT2D eigenvalue weighted by molar-refractivity contribution is 5.78. The van der Waals surface area contributed by atoms with Gasteiger partial charge in [0, 0.05) is 6.42 Å². The number of rotatable bonds is 7. The average Bonchev–Trinajstić information content (AvgIpc) is 2.34. The van der Waals surface area contributed by atoms with Crippen LogP contribution in [-0.4, -0.2) is 30.1 Å². The van der Waals surface area contributed by atoms with Gasteiger partial charge in [0.15, 0.2) is 0 Å². The van der Waals surface area contributed by atoms with Crippen LogP contribution in [0.3, 0.4) is 0 Å². The molecule has 0 saturated heterocycles. The molecule has 96 valence electrons. The molecule has 0 heterocycles. The Balaban J connectivity index is 4.43. The van der Waals surface area contributed by atoms with Gasteiger partial charge < -0.3 is 15.2 Å². The molecule has 1 unspecified atom stereocenters. The van der Waals surface area contributed by atoms with Crippen LogP contribution < -0.4 is 5.32 Å². The van der Waals surface area contributed by atoms with Gasteiger partial charge in [0.05, 0.1) is 19.6 Å². The molecule has 0 aliphatic heterocycles. The number of aliphatic hydroxyl groups excluding tert-OH is 1. The van der Waals surface area contributed by atoms with Gasteiger partial charge in [-0.3, -0.25) is 9.59 Å². The Bertz CT molecular complexity index is 310. The molecule has 17 heavy (non-hydrogen) atoms. The number of nitrogens with one attached hydrogen (secondary N) is 1. The molecule has 0 rings (SSSR count). The molecule has 0 aromatic heterocycles. The summed E-state index contributed by atoms with van der Waals surface area (Å²) < 4.78 is 4.49. The molecule has 0 bridgehead atoms. The summed E-state index contributed by atoms with van der Waals surface area (Å²) in [5.41, 5.74) is 0. The third-order valence-corrected chi connectivity index (χ3v) is 2.16. The van der Waals surface area contributed by atoms with Crippen LogP contribution in [0.15, 0.2) is 24.5 Å². The molecule has 0 saturated carbocycles. The van der Waals surface area contributed by atoms with Gasteiger partial charge in [-0.2, -0.15) is 0 Å². The van der Waals surface area contributed by atoms with Gasteiger partial charge in [0.1, 0.15) is 5.76 Å². The molecule has 0 aromatic rings. The van der Waals surface area contributed by atoms with E-state index in [0.717, 1.165) is 0 Å². The topological polar surface area (TPSA) is 75.6 Å². The van der Waals surface area contributed by atoms with E-state index in [1.807, 2.05) is 0 Å². The van der Waals surface area contributed by atoms with Gasteiger partial charge in [-0.1, -0.05) is 6.08 Å². The number of allylic oxidation sites excluding steroid dienone is 2. The summed E-state index contributed by atoms with van der Waals surface area (Å²) in [6.07, 6.45) is 3.80. The molecule has 5 nitrogen and oxygen atoms in total. The minimum absolute atomic E-state index is 0.0534. The van der Waals surface area contributed by atoms with Crippen molar-refractivity contribution in [1.29, 1.82) is 0 Å². The molecule has 1 amide bonds. The highest BCUT2D eigenvalue weighted by Gasteiger charge is 2.19. The minimum Gasteiger partial charge on any atom is -0.510 e. The van der Waals surface area contributed by atoms with Gasteiger partial charge in [-0.25, -0.2) is 0 Å². The second-order valence-electron chi connectivity index (χ2n) is 3.44. The Morgan fingerprint density at radius 3 is 2.65 bits per heavy atom. The first-order valence-electron chi connectivity index (χ1n) is 5.37. The van der Waals surface area contributed by atoms with Crippen LogP contribution in [0.5, 0.6) is 0 Å². The van der Waals surface area contributed by atoms with Crippen molar-refractivity contribution in [3.8, 4) is 0 Å². The predicted octanol–water partition coefficient (Wildman–Crippen LogP) is 1.46. The number of carbonyl (C=O) groups excluding carboxylic acids is 2. The summed E-state index contributed by atoms with van der Waals surface area (Å²) in [6, 6.07) is -0.732. The van der Waals surface area contributed by atoms with Crippen molar-refractivity contribution >= 4 is 11.9 Å². The van der Waals surface area contributed by atoms with Crippen molar-refractivity contribution in [2.75, 3.05) is 7.11 Å². The molecule has 5 heteroatoms. The lowest BCUT2D eigenvalue weighted by atomic mass is 10.1. The molecule has 0 aliphatic rings. The van der Waals surface area contributed by atoms with E-state index in [2.05, 4.69) is 16.6 Å². The number of methoxy groups -OCH3 is 1. The first kappa shape index (κ1) is 15.2. The standard InChI is InChI=1S/C12H19NO4/c1-4-6-7-11(15)13-9(10(14)5-2)8-12(16)17-3/h4-5,9,14H,1,6-8H2,2-3H3,(H,13,15)/b10-5-. The largest absolute Gasteiger partial charge is 0.510 e. The Kier molecular flexibility index (Phi) is 7.50. The van der Waals surface area contributed by atoms with Crippen LogP contribution in [0.2, 0.25) is 0 Å². The number of hydrogen-bond donors (Lipinski definition) is 2. The molecular weight excluding hydrogens is 222 g/mol. The van der Waals surface area contributed by atoms with Crippen LogP contribution in [0.1, 0.15) is 26.2 Å². The van der Waals surface area contributed by atoms with Crippen molar-refractivity contribution in [2.24, 2.45) is 0 Å². The SMILES string of the molecule is C=CCCC(=O)NC(CC(=O)OC)/C(O)=C/C. The smallest absolute Gasteiger partial charge is 0.308 e. The highest BCUT2D eigenvalue weighted by atomic mass is 16.5. The van der Waals surface area contributed by atoms with Gasteiger partial charge in [0.2, 0.25) is 5.91 Å². The number of esters is 1. The lowest BCUT2D eigenvalue weighted by Crippen LogP contribution is -2.38. The molecule has 1 atom stereocenters. The van der Waals surface area contributed by atoms with Crippen molar-refractivity contribution in [1.82, 2.24) is 5.32 Å². The molecular formula is C12H19NO4. The summed E-state index contributed by atoms with van der Waals surface area (Å²) in [4.78, 5) is 22.6. The maximum absolute atomic E-state index is 11.5. The van der Waals surface area contributed by atoms with Gasteiger partial charge in [-0.15, -0.1) is 6.58 Å². The maximum atomic E-state index is 11.5. The van der Waals surface area contributed by atoms with E-state index in [9.17, 15) is 14.7 Å². The monoisotopic (exact) mass is 241 g/mol. The van der Waals surface area contributed by atoms with E-state index in [1.165, 1.54) is 13.2 Å². The lowest BCUT2D eigenvalue weighted by Gasteiger charge is -2.16. The summed E-state index contributed by atoms with van der Waals surface area (Å²) in [5, 5.41) is 12.1. The lowest BCUT2D eigenvalue weighted by molar-refractivity contribution is -0.141. The summed E-state index contributed by atoms with van der Waals surface area (Å²) in [5.74, 6) is -0.790. The Hall–Kier alpha value is -1.78. The van der Waals surface area contributed by atoms with Crippen LogP contribution in [0, 0.1) is 0 Å². The van der Waals surface area contributed by atoms with E-state index in [-0.39, 0.29) is 24.5 Å². The maximum Gasteiger partial charge on any atom is 0.308 e. The third kappa shape index (κ3) is 6.40. The van der Waals surface area contributed by atoms with Gasteiger partial charge in [-0.05, 0) is 19.4 Å². The second-order valence-corrected chi connectivity index (χ2v) is 3.44. The zero-order valence-electron chi connectivity index (χ0n) is 10.2. The second kappa shape index (κ2) is 8.38. The first-order valence-corrected chi connectivity index (χ1v) is 5.37. The van der Waals surface area contributed by atoms with Gasteiger partial charge >= 0.3 is 5.97 Å². The van der Waals surface area contributed by atoms with Crippen LogP contribution in [0.25, 0.3) is 0 Å². The van der Waals surface area contributed by atoms with E-state index >= 15 is 0 Å². The predicted molar refractivity (Wildman–Crippen MR) is 64.4 cm³/mol. The van der Waals surface area contributed by atoms with Crippen LogP contribution >= 0.6 is 0 Å². The normalized spacial score (nSPS) is 12.7. The summed E-state index contributed by atoms with van der Waals surface area (Å²) in [6.45, 7) is 5.13. The number of aliphatic hydroxyl groups is 1. The molecule has 0 spiro atoms. The molecule has 0 aliphatic carbocycles. The van der Waals surface area contributed by atoms with E-state index in [4.69, 9.17) is 0 Å². The Morgan fingerprint density at radius 1 is 1.53 bits per heavy atom. The van der Waals surface area contributed by atoms with Crippen molar-refractivity contribution in [2.45, 2.75) is 32.2 Å². The zero-order chi connectivity index (χ0) is 13.3. The van der Waals surface area contributed by atoms with Gasteiger partial charge in [0.25, 0.3) is 0 Å². The molecule has 0 fully saturated rings. The molecule has 0 radical (unpaired) electrons. The minimum atomic E-state index is -0.732. The van der Waals surface area contributed by atoms with Crippen molar-refractivity contribution in [3.05, 3.63) is 24.5 Å². The molecule has 2 N–H and O–H groups in total. The van der Waals surface area contributed by atoms with E-state index in [1.54, 1.807) is 13.0 Å². The number of ether oxygens (including phenoxy) is 1. The fourth-order valence-electron chi connectivity index (χ4n) is 1.18. The third-order valence-electron chi connectivity index (χ3n) is 2.16. The van der Waals surface area contributed by atoms with Crippen LogP contribution in [0.4, 0.5) is 0 Å². The first-order chi connectivity index (χ1) is 8.04. The zero-order valence-corrected chi connectivity index (χ0v) is 10.2. The van der Waals surface area contributed by atoms with E-state index < -0.39 is 12.0 Å². The summed E-state index contributed by atoms with van der Waals surface area (Å²) in [7, 11) is 1.26.